The van der Waals surface area contributed by atoms with E-state index in [1.165, 1.54) is 60.5 Å². The van der Waals surface area contributed by atoms with Crippen LogP contribution in [0.3, 0.4) is 0 Å². The fraction of sp³-hybridized carbons (Fsp3) is 0.373. The van der Waals surface area contributed by atoms with Gasteiger partial charge in [-0.1, -0.05) is 152 Å². The molecule has 6 rings (SSSR count). The van der Waals surface area contributed by atoms with Crippen molar-refractivity contribution in [3.8, 4) is 28.4 Å². The number of hydrogen-bond acceptors (Lipinski definition) is 3. The lowest BCUT2D eigenvalue weighted by Gasteiger charge is -2.23. The van der Waals surface area contributed by atoms with Crippen LogP contribution in [0.15, 0.2) is 97.1 Å². The molecule has 0 radical (unpaired) electrons. The summed E-state index contributed by atoms with van der Waals surface area (Å²) in [6, 6.07) is 35.8. The van der Waals surface area contributed by atoms with Crippen molar-refractivity contribution in [2.24, 2.45) is 0 Å². The summed E-state index contributed by atoms with van der Waals surface area (Å²) in [6.45, 7) is 15.7. The number of fused-ring (bicyclic) bond motifs is 2. The van der Waals surface area contributed by atoms with Crippen molar-refractivity contribution >= 4 is 30.1 Å². The zero-order chi connectivity index (χ0) is 38.7. The Labute approximate surface area is 332 Å². The molecular weight excluding hydrogens is 692 g/mol. The number of para-hydroxylation sites is 1. The Morgan fingerprint density at radius 3 is 1.33 bits per heavy atom. The van der Waals surface area contributed by atoms with E-state index >= 15 is 0 Å². The van der Waals surface area contributed by atoms with Crippen LogP contribution < -0.4 is 13.6 Å². The third-order valence-electron chi connectivity index (χ3n) is 10.5. The second-order valence-electron chi connectivity index (χ2n) is 15.2. The van der Waals surface area contributed by atoms with Crippen molar-refractivity contribution in [3.63, 3.8) is 0 Å². The lowest BCUT2D eigenvalue weighted by Crippen LogP contribution is -2.06. The van der Waals surface area contributed by atoms with Gasteiger partial charge in [0.2, 0.25) is 0 Å². The molecule has 0 fully saturated rings. The molecule has 0 aliphatic heterocycles. The Morgan fingerprint density at radius 2 is 0.855 bits per heavy atom. The topological polar surface area (TPSA) is 27.7 Å². The van der Waals surface area contributed by atoms with Crippen molar-refractivity contribution in [3.05, 3.63) is 136 Å². The highest BCUT2D eigenvalue weighted by Gasteiger charge is 2.26. The lowest BCUT2D eigenvalue weighted by molar-refractivity contribution is 0.385. The van der Waals surface area contributed by atoms with Gasteiger partial charge < -0.3 is 13.6 Å². The minimum Gasteiger partial charge on any atom is -0.408 e. The van der Waals surface area contributed by atoms with Crippen LogP contribution >= 0.6 is 8.60 Å². The van der Waals surface area contributed by atoms with E-state index in [4.69, 9.17) is 13.6 Å². The molecule has 0 saturated heterocycles. The van der Waals surface area contributed by atoms with Crippen LogP contribution in [0.5, 0.6) is 17.2 Å². The smallest absolute Gasteiger partial charge is 0.408 e. The number of benzene rings is 6. The zero-order valence-corrected chi connectivity index (χ0v) is 35.3. The molecule has 288 valence electrons. The average molecular weight is 753 g/mol. The molecule has 0 heterocycles. The van der Waals surface area contributed by atoms with Crippen LogP contribution in [-0.2, 0) is 38.5 Å². The average Bonchev–Trinajstić information content (AvgIpc) is 3.17. The van der Waals surface area contributed by atoms with Gasteiger partial charge in [-0.2, -0.15) is 0 Å². The molecular formula is C51H61O3P. The van der Waals surface area contributed by atoms with Gasteiger partial charge in [0.25, 0.3) is 0 Å². The minimum absolute atomic E-state index is 0.750. The molecule has 0 saturated carbocycles. The predicted octanol–water partition coefficient (Wildman–Crippen LogP) is 15.4. The second-order valence-corrected chi connectivity index (χ2v) is 16.2. The van der Waals surface area contributed by atoms with Gasteiger partial charge in [0, 0.05) is 5.56 Å². The van der Waals surface area contributed by atoms with Crippen LogP contribution in [0.1, 0.15) is 119 Å². The zero-order valence-electron chi connectivity index (χ0n) is 34.4. The number of hydrogen-bond donors (Lipinski definition) is 0. The molecule has 0 aliphatic rings. The SMILES string of the molecule is CCCc1cc(CCC)c2cc(OP(Oc3cc4c(CCC)cc(CCC)cc4cc3CCC)Oc3ccccc3-c3ccc(C)cc3)c(CCC)cc2c1. The van der Waals surface area contributed by atoms with E-state index < -0.39 is 8.60 Å². The Hall–Kier alpha value is -4.33. The fourth-order valence-corrected chi connectivity index (χ4v) is 8.99. The van der Waals surface area contributed by atoms with Gasteiger partial charge in [0.1, 0.15) is 17.2 Å². The van der Waals surface area contributed by atoms with E-state index in [1.807, 2.05) is 12.1 Å². The van der Waals surface area contributed by atoms with E-state index in [2.05, 4.69) is 133 Å². The maximum absolute atomic E-state index is 7.13. The minimum atomic E-state index is -1.93. The van der Waals surface area contributed by atoms with Crippen molar-refractivity contribution < 1.29 is 13.6 Å². The van der Waals surface area contributed by atoms with E-state index in [9.17, 15) is 0 Å². The molecule has 0 unspecified atom stereocenters. The van der Waals surface area contributed by atoms with Gasteiger partial charge in [-0.3, -0.25) is 0 Å². The maximum atomic E-state index is 7.13. The highest BCUT2D eigenvalue weighted by molar-refractivity contribution is 7.43. The molecule has 3 nitrogen and oxygen atoms in total. The van der Waals surface area contributed by atoms with Crippen LogP contribution in [0, 0.1) is 6.92 Å². The second kappa shape index (κ2) is 19.5. The first kappa shape index (κ1) is 40.3. The first-order valence-corrected chi connectivity index (χ1v) is 22.1. The van der Waals surface area contributed by atoms with Crippen molar-refractivity contribution in [2.45, 2.75) is 126 Å². The first-order valence-electron chi connectivity index (χ1n) is 21.0. The molecule has 0 aliphatic carbocycles. The Morgan fingerprint density at radius 1 is 0.418 bits per heavy atom. The van der Waals surface area contributed by atoms with E-state index in [-0.39, 0.29) is 0 Å². The van der Waals surface area contributed by atoms with Crippen LogP contribution in [0.4, 0.5) is 0 Å². The predicted molar refractivity (Wildman–Crippen MR) is 237 cm³/mol. The highest BCUT2D eigenvalue weighted by Crippen LogP contribution is 2.48. The van der Waals surface area contributed by atoms with E-state index in [0.29, 0.717) is 0 Å². The van der Waals surface area contributed by atoms with Gasteiger partial charge in [-0.25, -0.2) is 0 Å². The van der Waals surface area contributed by atoms with Crippen LogP contribution in [-0.4, -0.2) is 0 Å². The number of rotatable bonds is 19. The maximum Gasteiger partial charge on any atom is 0.530 e. The largest absolute Gasteiger partial charge is 0.530 e. The van der Waals surface area contributed by atoms with Gasteiger partial charge in [0.05, 0.1) is 0 Å². The molecule has 0 amide bonds. The third kappa shape index (κ3) is 9.92. The Bertz CT molecular complexity index is 2070. The summed E-state index contributed by atoms with van der Waals surface area (Å²) in [5.41, 5.74) is 11.3. The number of aryl methyl sites for hydroxylation is 7. The summed E-state index contributed by atoms with van der Waals surface area (Å²) < 4.78 is 21.3. The summed E-state index contributed by atoms with van der Waals surface area (Å²) >= 11 is 0. The summed E-state index contributed by atoms with van der Waals surface area (Å²) in [5, 5.41) is 5.12. The summed E-state index contributed by atoms with van der Waals surface area (Å²) in [7, 11) is -1.93. The molecule has 6 aromatic rings. The molecule has 0 bridgehead atoms. The summed E-state index contributed by atoms with van der Waals surface area (Å²) in [4.78, 5) is 0. The monoisotopic (exact) mass is 752 g/mol. The standard InChI is InChI=1S/C51H61O3P/c1-8-16-37-28-40(18-10-3)47-34-50(42(20-12-5)32-44(47)30-37)53-55(52-49-23-15-14-22-46(49)39-26-24-36(7)25-27-39)54-51-35-48-41(19-11-4)29-38(17-9-2)31-45(48)33-43(51)21-13-6/h14-15,22-35H,8-13,16-21H2,1-7H3. The lowest BCUT2D eigenvalue weighted by atomic mass is 9.94. The van der Waals surface area contributed by atoms with Gasteiger partial charge >= 0.3 is 8.60 Å². The normalized spacial score (nSPS) is 11.5. The fourth-order valence-electron chi connectivity index (χ4n) is 7.90. The summed E-state index contributed by atoms with van der Waals surface area (Å²) in [5.74, 6) is 2.45. The van der Waals surface area contributed by atoms with Crippen LogP contribution in [0.2, 0.25) is 0 Å². The molecule has 6 aromatic carbocycles. The molecule has 0 spiro atoms. The van der Waals surface area contributed by atoms with Crippen molar-refractivity contribution in [2.75, 3.05) is 0 Å². The van der Waals surface area contributed by atoms with Gasteiger partial charge in [0.15, 0.2) is 0 Å². The quantitative estimate of drug-likeness (QED) is 0.0771. The molecule has 0 N–H and O–H groups in total. The van der Waals surface area contributed by atoms with E-state index in [0.717, 1.165) is 105 Å². The van der Waals surface area contributed by atoms with E-state index in [1.54, 1.807) is 0 Å². The Kier molecular flexibility index (Phi) is 14.3. The van der Waals surface area contributed by atoms with Crippen molar-refractivity contribution in [1.29, 1.82) is 0 Å². The third-order valence-corrected chi connectivity index (χ3v) is 11.5. The highest BCUT2D eigenvalue weighted by atomic mass is 31.2. The van der Waals surface area contributed by atoms with Gasteiger partial charge in [-0.15, -0.1) is 0 Å². The molecule has 4 heteroatoms. The molecule has 0 atom stereocenters. The van der Waals surface area contributed by atoms with Gasteiger partial charge in [-0.05, 0) is 136 Å². The summed E-state index contributed by atoms with van der Waals surface area (Å²) in [6.07, 6.45) is 12.5. The van der Waals surface area contributed by atoms with Crippen LogP contribution in [0.25, 0.3) is 32.7 Å². The first-order chi connectivity index (χ1) is 26.9. The molecule has 55 heavy (non-hydrogen) atoms. The van der Waals surface area contributed by atoms with Crippen molar-refractivity contribution in [1.82, 2.24) is 0 Å². The molecule has 0 aromatic heterocycles. The Balaban J connectivity index is 1.50.